The average Bonchev–Trinajstić information content (AvgIpc) is 2.52. The lowest BCUT2D eigenvalue weighted by molar-refractivity contribution is -0.119. The molecule has 1 amide bonds. The highest BCUT2D eigenvalue weighted by Gasteiger charge is 2.62. The van der Waals surface area contributed by atoms with E-state index in [0.717, 1.165) is 18.9 Å². The Hall–Kier alpha value is -0.693. The van der Waals surface area contributed by atoms with Gasteiger partial charge < -0.3 is 18.9 Å². The smallest absolute Gasteiger partial charge is 0.370 e. The Labute approximate surface area is 135 Å². The molecule has 0 bridgehead atoms. The fourth-order valence-electron chi connectivity index (χ4n) is 3.84. The number of amides is 1. The van der Waals surface area contributed by atoms with Crippen molar-refractivity contribution in [1.29, 1.82) is 0 Å². The van der Waals surface area contributed by atoms with E-state index in [1.54, 1.807) is 21.3 Å². The maximum atomic E-state index is 11.8. The summed E-state index contributed by atoms with van der Waals surface area (Å²) in [7, 11) is 2.62. The molecule has 1 fully saturated rings. The van der Waals surface area contributed by atoms with Crippen LogP contribution in [0, 0.1) is 11.8 Å². The zero-order valence-electron chi connectivity index (χ0n) is 14.8. The molecule has 1 aliphatic rings. The first-order valence-electron chi connectivity index (χ1n) is 7.90. The fourth-order valence-corrected chi connectivity index (χ4v) is 7.59. The molecular weight excluding hydrogens is 298 g/mol. The molecule has 0 aromatic carbocycles. The van der Waals surface area contributed by atoms with Gasteiger partial charge in [0.2, 0.25) is 5.91 Å². The van der Waals surface area contributed by atoms with Crippen LogP contribution in [-0.4, -0.2) is 47.1 Å². The number of nitrogens with one attached hydrogen (secondary N) is 1. The van der Waals surface area contributed by atoms with Gasteiger partial charge in [-0.05, 0) is 31.4 Å². The second-order valence-corrected chi connectivity index (χ2v) is 10.3. The number of rotatable bonds is 7. The maximum Gasteiger partial charge on any atom is 0.370 e. The summed E-state index contributed by atoms with van der Waals surface area (Å²) in [6.45, 7) is 9.85. The number of ether oxygens (including phenoxy) is 1. The van der Waals surface area contributed by atoms with Gasteiger partial charge in [-0.25, -0.2) is 0 Å². The number of carbonyl (C=O) groups excluding carboxylic acids is 1. The predicted octanol–water partition coefficient (Wildman–Crippen LogP) is 2.40. The maximum absolute atomic E-state index is 11.8. The van der Waals surface area contributed by atoms with E-state index >= 15 is 0 Å². The van der Waals surface area contributed by atoms with Crippen molar-refractivity contribution in [2.24, 2.45) is 11.8 Å². The largest absolute Gasteiger partial charge is 0.396 e. The highest BCUT2D eigenvalue weighted by atomic mass is 28.4. The predicted molar refractivity (Wildman–Crippen MR) is 89.7 cm³/mol. The van der Waals surface area contributed by atoms with Crippen LogP contribution in [0.4, 0.5) is 0 Å². The molecule has 3 unspecified atom stereocenters. The van der Waals surface area contributed by atoms with Gasteiger partial charge in [0, 0.05) is 33.3 Å². The lowest BCUT2D eigenvalue weighted by Gasteiger charge is -2.53. The molecule has 0 saturated carbocycles. The molecule has 1 rings (SSSR count). The van der Waals surface area contributed by atoms with Gasteiger partial charge in [0.1, 0.15) is 5.22 Å². The first-order chi connectivity index (χ1) is 10.3. The second kappa shape index (κ2) is 7.72. The first kappa shape index (κ1) is 19.4. The van der Waals surface area contributed by atoms with E-state index in [1.165, 1.54) is 6.08 Å². The van der Waals surface area contributed by atoms with Crippen LogP contribution in [0.3, 0.4) is 0 Å². The molecule has 22 heavy (non-hydrogen) atoms. The van der Waals surface area contributed by atoms with E-state index in [-0.39, 0.29) is 23.8 Å². The number of carbonyl (C=O) groups is 1. The third-order valence-electron chi connectivity index (χ3n) is 5.21. The monoisotopic (exact) mass is 329 g/mol. The lowest BCUT2D eigenvalue weighted by Crippen LogP contribution is -2.70. The first-order valence-corrected chi connectivity index (χ1v) is 9.92. The molecule has 0 aromatic heterocycles. The summed E-state index contributed by atoms with van der Waals surface area (Å²) in [6, 6.07) is 0.897. The summed E-state index contributed by atoms with van der Waals surface area (Å²) in [5, 5.41) is 2.57. The summed E-state index contributed by atoms with van der Waals surface area (Å²) in [4.78, 5) is 11.8. The molecule has 1 heterocycles. The molecule has 1 saturated heterocycles. The van der Waals surface area contributed by atoms with E-state index in [1.807, 2.05) is 0 Å². The topological polar surface area (TPSA) is 56.8 Å². The Morgan fingerprint density at radius 2 is 1.95 bits per heavy atom. The van der Waals surface area contributed by atoms with Gasteiger partial charge in [0.15, 0.2) is 0 Å². The quantitative estimate of drug-likeness (QED) is 0.575. The van der Waals surface area contributed by atoms with Crippen LogP contribution < -0.4 is 5.32 Å². The Balaban J connectivity index is 3.22. The number of methoxy groups -OCH3 is 1. The standard InChI is InChI=1S/C16H31NO4Si/c1-8-14(18)17-15(12(2)3)13-10-9-11-22(20-6,21-7)16(13,4)19-5/h8,12-13,15H,1,9-11H2,2-7H3,(H,17,18). The summed E-state index contributed by atoms with van der Waals surface area (Å²) < 4.78 is 17.7. The van der Waals surface area contributed by atoms with Crippen LogP contribution in [-0.2, 0) is 18.4 Å². The highest BCUT2D eigenvalue weighted by molar-refractivity contribution is 6.70. The van der Waals surface area contributed by atoms with Crippen molar-refractivity contribution in [1.82, 2.24) is 5.32 Å². The van der Waals surface area contributed by atoms with Gasteiger partial charge in [0.25, 0.3) is 0 Å². The van der Waals surface area contributed by atoms with E-state index in [0.29, 0.717) is 0 Å². The minimum Gasteiger partial charge on any atom is -0.396 e. The molecule has 5 nitrogen and oxygen atoms in total. The number of hydrogen-bond donors (Lipinski definition) is 1. The van der Waals surface area contributed by atoms with Crippen LogP contribution in [0.1, 0.15) is 33.6 Å². The molecule has 0 radical (unpaired) electrons. The zero-order valence-corrected chi connectivity index (χ0v) is 15.8. The van der Waals surface area contributed by atoms with Gasteiger partial charge in [-0.3, -0.25) is 4.79 Å². The Morgan fingerprint density at radius 3 is 2.36 bits per heavy atom. The summed E-state index contributed by atoms with van der Waals surface area (Å²) in [6.07, 6.45) is 3.32. The van der Waals surface area contributed by atoms with Crippen molar-refractivity contribution in [2.75, 3.05) is 21.3 Å². The molecule has 0 spiro atoms. The average molecular weight is 330 g/mol. The van der Waals surface area contributed by atoms with Gasteiger partial charge in [-0.2, -0.15) is 0 Å². The summed E-state index contributed by atoms with van der Waals surface area (Å²) >= 11 is 0. The third-order valence-corrected chi connectivity index (χ3v) is 9.63. The molecule has 0 aliphatic carbocycles. The third kappa shape index (κ3) is 3.30. The van der Waals surface area contributed by atoms with Crippen LogP contribution in [0.25, 0.3) is 0 Å². The molecule has 1 N–H and O–H groups in total. The van der Waals surface area contributed by atoms with Crippen LogP contribution in [0.2, 0.25) is 6.04 Å². The van der Waals surface area contributed by atoms with Crippen molar-refractivity contribution in [3.05, 3.63) is 12.7 Å². The molecule has 1 aliphatic heterocycles. The number of hydrogen-bond acceptors (Lipinski definition) is 4. The van der Waals surface area contributed by atoms with Crippen LogP contribution >= 0.6 is 0 Å². The second-order valence-electron chi connectivity index (χ2n) is 6.45. The Kier molecular flexibility index (Phi) is 6.79. The van der Waals surface area contributed by atoms with E-state index < -0.39 is 13.8 Å². The molecule has 6 heteroatoms. The molecular formula is C16H31NO4Si. The SMILES string of the molecule is C=CC(=O)NC(C(C)C)C1CCC[Si](OC)(OC)C1(C)OC. The van der Waals surface area contributed by atoms with Crippen LogP contribution in [0.15, 0.2) is 12.7 Å². The minimum absolute atomic E-state index is 0.00655. The van der Waals surface area contributed by atoms with E-state index in [2.05, 4.69) is 32.7 Å². The zero-order chi connectivity index (χ0) is 17.0. The van der Waals surface area contributed by atoms with E-state index in [9.17, 15) is 4.79 Å². The van der Waals surface area contributed by atoms with Crippen molar-refractivity contribution >= 4 is 14.5 Å². The molecule has 3 atom stereocenters. The van der Waals surface area contributed by atoms with Crippen molar-refractivity contribution in [2.45, 2.75) is 50.9 Å². The fraction of sp³-hybridized carbons (Fsp3) is 0.812. The van der Waals surface area contributed by atoms with Crippen LogP contribution in [0.5, 0.6) is 0 Å². The molecule has 128 valence electrons. The van der Waals surface area contributed by atoms with Gasteiger partial charge in [-0.15, -0.1) is 0 Å². The lowest BCUT2D eigenvalue weighted by atomic mass is 9.82. The van der Waals surface area contributed by atoms with E-state index in [4.69, 9.17) is 13.6 Å². The van der Waals surface area contributed by atoms with Gasteiger partial charge in [0.05, 0.1) is 0 Å². The summed E-state index contributed by atoms with van der Waals surface area (Å²) in [5.41, 5.74) is 0. The van der Waals surface area contributed by atoms with Crippen molar-refractivity contribution < 1.29 is 18.4 Å². The normalized spacial score (nSPS) is 29.1. The Bertz CT molecular complexity index is 398. The summed E-state index contributed by atoms with van der Waals surface area (Å²) in [5.74, 6) is 0.272. The van der Waals surface area contributed by atoms with Crippen molar-refractivity contribution in [3.8, 4) is 0 Å². The van der Waals surface area contributed by atoms with Gasteiger partial charge >= 0.3 is 8.56 Å². The highest BCUT2D eigenvalue weighted by Crippen LogP contribution is 2.46. The van der Waals surface area contributed by atoms with Gasteiger partial charge in [-0.1, -0.05) is 26.8 Å². The minimum atomic E-state index is -2.52. The molecule has 0 aromatic rings. The Morgan fingerprint density at radius 1 is 1.36 bits per heavy atom. The van der Waals surface area contributed by atoms with Crippen molar-refractivity contribution in [3.63, 3.8) is 0 Å².